The van der Waals surface area contributed by atoms with Gasteiger partial charge in [0, 0.05) is 13.1 Å². The molecule has 0 radical (unpaired) electrons. The molecule has 16 heavy (non-hydrogen) atoms. The van der Waals surface area contributed by atoms with E-state index in [1.165, 1.54) is 0 Å². The van der Waals surface area contributed by atoms with E-state index in [1.54, 1.807) is 0 Å². The SMILES string of the molecule is Br.Br.NOCC(=O)NCCNC(=O)CON. The van der Waals surface area contributed by atoms with Crippen LogP contribution in [0.15, 0.2) is 0 Å². The summed E-state index contributed by atoms with van der Waals surface area (Å²) in [5.41, 5.74) is 0. The molecule has 0 aromatic carbocycles. The van der Waals surface area contributed by atoms with E-state index >= 15 is 0 Å². The van der Waals surface area contributed by atoms with Crippen LogP contribution >= 0.6 is 34.0 Å². The van der Waals surface area contributed by atoms with Crippen molar-refractivity contribution in [3.05, 3.63) is 0 Å². The van der Waals surface area contributed by atoms with E-state index in [2.05, 4.69) is 32.1 Å². The number of hydrogen-bond acceptors (Lipinski definition) is 6. The van der Waals surface area contributed by atoms with E-state index in [0.29, 0.717) is 13.1 Å². The van der Waals surface area contributed by atoms with Crippen LogP contribution in [0.3, 0.4) is 0 Å². The molecule has 2 amide bonds. The molecule has 6 N–H and O–H groups in total. The molecule has 0 fully saturated rings. The van der Waals surface area contributed by atoms with Gasteiger partial charge in [0.15, 0.2) is 0 Å². The van der Waals surface area contributed by atoms with Crippen molar-refractivity contribution in [2.24, 2.45) is 11.8 Å². The minimum atomic E-state index is -0.350. The predicted molar refractivity (Wildman–Crippen MR) is 66.9 cm³/mol. The lowest BCUT2D eigenvalue weighted by Gasteiger charge is -2.05. The largest absolute Gasteiger partial charge is 0.352 e. The number of carbonyl (C=O) groups is 2. The second-order valence-corrected chi connectivity index (χ2v) is 2.32. The Morgan fingerprint density at radius 1 is 0.875 bits per heavy atom. The van der Waals surface area contributed by atoms with Crippen molar-refractivity contribution in [3.8, 4) is 0 Å². The van der Waals surface area contributed by atoms with Gasteiger partial charge in [0.25, 0.3) is 0 Å². The normalized spacial score (nSPS) is 8.38. The average Bonchev–Trinajstić information content (AvgIpc) is 2.13. The third-order valence-electron chi connectivity index (χ3n) is 1.20. The summed E-state index contributed by atoms with van der Waals surface area (Å²) in [6.45, 7) is 0.163. The van der Waals surface area contributed by atoms with Crippen LogP contribution in [0.5, 0.6) is 0 Å². The molecule has 0 rings (SSSR count). The van der Waals surface area contributed by atoms with Gasteiger partial charge in [-0.3, -0.25) is 19.3 Å². The van der Waals surface area contributed by atoms with Crippen LogP contribution in [-0.2, 0) is 19.3 Å². The molecule has 0 aromatic rings. The first kappa shape index (κ1) is 21.1. The van der Waals surface area contributed by atoms with E-state index in [4.69, 9.17) is 0 Å². The smallest absolute Gasteiger partial charge is 0.248 e. The lowest BCUT2D eigenvalue weighted by atomic mass is 10.5. The third kappa shape index (κ3) is 13.7. The fraction of sp³-hybridized carbons (Fsp3) is 0.667. The summed E-state index contributed by atoms with van der Waals surface area (Å²) in [6.07, 6.45) is 0. The molecule has 0 aliphatic heterocycles. The molecule has 8 nitrogen and oxygen atoms in total. The Morgan fingerprint density at radius 2 is 1.19 bits per heavy atom. The maximum Gasteiger partial charge on any atom is 0.248 e. The van der Waals surface area contributed by atoms with Crippen LogP contribution < -0.4 is 22.4 Å². The zero-order valence-electron chi connectivity index (χ0n) is 8.43. The monoisotopic (exact) mass is 366 g/mol. The number of nitrogens with two attached hydrogens (primary N) is 2. The van der Waals surface area contributed by atoms with Gasteiger partial charge in [0.2, 0.25) is 11.8 Å². The first-order chi connectivity index (χ1) is 6.70. The molecule has 0 spiro atoms. The Hall–Kier alpha value is -0.260. The summed E-state index contributed by atoms with van der Waals surface area (Å²) in [5.74, 6) is 8.62. The zero-order chi connectivity index (χ0) is 10.8. The summed E-state index contributed by atoms with van der Waals surface area (Å²) < 4.78 is 0. The van der Waals surface area contributed by atoms with E-state index in [1.807, 2.05) is 0 Å². The van der Waals surface area contributed by atoms with Crippen LogP contribution in [0.25, 0.3) is 0 Å². The molecule has 0 aromatic heterocycles. The molecule has 0 saturated heterocycles. The maximum absolute atomic E-state index is 10.7. The summed E-state index contributed by atoms with van der Waals surface area (Å²) >= 11 is 0. The van der Waals surface area contributed by atoms with E-state index in [0.717, 1.165) is 0 Å². The highest BCUT2D eigenvalue weighted by Crippen LogP contribution is 1.68. The third-order valence-corrected chi connectivity index (χ3v) is 1.20. The summed E-state index contributed by atoms with van der Waals surface area (Å²) in [5, 5.41) is 4.90. The van der Waals surface area contributed by atoms with Gasteiger partial charge in [-0.1, -0.05) is 0 Å². The van der Waals surface area contributed by atoms with Crippen molar-refractivity contribution in [1.82, 2.24) is 10.6 Å². The molecule has 0 saturated carbocycles. The van der Waals surface area contributed by atoms with Gasteiger partial charge in [-0.05, 0) is 0 Å². The summed E-state index contributed by atoms with van der Waals surface area (Å²) in [6, 6.07) is 0. The highest BCUT2D eigenvalue weighted by molar-refractivity contribution is 8.93. The summed E-state index contributed by atoms with van der Waals surface area (Å²) in [7, 11) is 0. The van der Waals surface area contributed by atoms with Gasteiger partial charge >= 0.3 is 0 Å². The first-order valence-corrected chi connectivity index (χ1v) is 3.87. The van der Waals surface area contributed by atoms with Gasteiger partial charge in [-0.15, -0.1) is 34.0 Å². The molecular formula is C6H16Br2N4O4. The van der Waals surface area contributed by atoms with Gasteiger partial charge in [-0.25, -0.2) is 11.8 Å². The molecule has 0 bridgehead atoms. The number of rotatable bonds is 7. The Labute approximate surface area is 114 Å². The number of halogens is 2. The van der Waals surface area contributed by atoms with Crippen molar-refractivity contribution in [1.29, 1.82) is 0 Å². The lowest BCUT2D eigenvalue weighted by Crippen LogP contribution is -2.38. The number of amides is 2. The Kier molecular flexibility index (Phi) is 19.4. The minimum absolute atomic E-state index is 0. The molecule has 0 aliphatic carbocycles. The highest BCUT2D eigenvalue weighted by Gasteiger charge is 2.01. The number of hydrogen-bond donors (Lipinski definition) is 4. The van der Waals surface area contributed by atoms with Crippen LogP contribution in [0.4, 0.5) is 0 Å². The van der Waals surface area contributed by atoms with Gasteiger partial charge < -0.3 is 10.6 Å². The minimum Gasteiger partial charge on any atom is -0.352 e. The van der Waals surface area contributed by atoms with Gasteiger partial charge in [-0.2, -0.15) is 0 Å². The standard InChI is InChI=1S/C6H14N4O4.2BrH/c7-13-3-5(11)9-1-2-10-6(12)4-14-8;;/h1-4,7-8H2,(H,9,11)(H,10,12);2*1H. The quantitative estimate of drug-likeness (QED) is 0.309. The van der Waals surface area contributed by atoms with Crippen LogP contribution in [0.2, 0.25) is 0 Å². The Balaban J connectivity index is -0.000000845. The van der Waals surface area contributed by atoms with E-state index in [9.17, 15) is 9.59 Å². The van der Waals surface area contributed by atoms with Crippen molar-refractivity contribution in [2.75, 3.05) is 26.3 Å². The fourth-order valence-electron chi connectivity index (χ4n) is 0.657. The first-order valence-electron chi connectivity index (χ1n) is 3.87. The maximum atomic E-state index is 10.7. The van der Waals surface area contributed by atoms with Crippen molar-refractivity contribution in [3.63, 3.8) is 0 Å². The van der Waals surface area contributed by atoms with Crippen LogP contribution in [0.1, 0.15) is 0 Å². The lowest BCUT2D eigenvalue weighted by molar-refractivity contribution is -0.127. The van der Waals surface area contributed by atoms with E-state index < -0.39 is 0 Å². The second-order valence-electron chi connectivity index (χ2n) is 2.32. The topological polar surface area (TPSA) is 129 Å². The van der Waals surface area contributed by atoms with Crippen molar-refractivity contribution >= 4 is 45.8 Å². The molecule has 98 valence electrons. The van der Waals surface area contributed by atoms with E-state index in [-0.39, 0.29) is 59.0 Å². The molecule has 0 aliphatic rings. The predicted octanol–water partition coefficient (Wildman–Crippen LogP) is -1.84. The summed E-state index contributed by atoms with van der Waals surface area (Å²) in [4.78, 5) is 29.6. The molecule has 0 heterocycles. The Bertz CT molecular complexity index is 175. The van der Waals surface area contributed by atoms with Crippen LogP contribution in [-0.4, -0.2) is 38.1 Å². The molecular weight excluding hydrogens is 352 g/mol. The zero-order valence-corrected chi connectivity index (χ0v) is 11.9. The van der Waals surface area contributed by atoms with Crippen molar-refractivity contribution in [2.45, 2.75) is 0 Å². The van der Waals surface area contributed by atoms with Crippen LogP contribution in [0, 0.1) is 0 Å². The Morgan fingerprint density at radius 3 is 1.44 bits per heavy atom. The highest BCUT2D eigenvalue weighted by atomic mass is 79.9. The van der Waals surface area contributed by atoms with Gasteiger partial charge in [0.1, 0.15) is 13.2 Å². The average molecular weight is 368 g/mol. The number of nitrogens with one attached hydrogen (secondary N) is 2. The van der Waals surface area contributed by atoms with Crippen molar-refractivity contribution < 1.29 is 19.3 Å². The molecule has 0 atom stereocenters. The second kappa shape index (κ2) is 14.7. The fourth-order valence-corrected chi connectivity index (χ4v) is 0.657. The number of carbonyl (C=O) groups excluding carboxylic acids is 2. The molecule has 0 unspecified atom stereocenters. The van der Waals surface area contributed by atoms with Gasteiger partial charge in [0.05, 0.1) is 0 Å². The molecule has 10 heteroatoms.